The highest BCUT2D eigenvalue weighted by atomic mass is 32.2. The normalized spacial score (nSPS) is 12.8. The fraction of sp³-hybridized carbons (Fsp3) is 0.556. The molecular formula is C9H15N3S. The van der Waals surface area contributed by atoms with Gasteiger partial charge in [0.05, 0.1) is 0 Å². The van der Waals surface area contributed by atoms with Crippen LogP contribution in [0.3, 0.4) is 0 Å². The molecule has 0 amide bonds. The summed E-state index contributed by atoms with van der Waals surface area (Å²) >= 11 is 1.68. The van der Waals surface area contributed by atoms with Crippen LogP contribution < -0.4 is 5.32 Å². The first-order chi connectivity index (χ1) is 6.22. The largest absolute Gasteiger partial charge is 0.316 e. The number of nitrogens with one attached hydrogen (secondary N) is 1. The van der Waals surface area contributed by atoms with Crippen LogP contribution in [-0.4, -0.2) is 28.8 Å². The van der Waals surface area contributed by atoms with Crippen molar-refractivity contribution in [1.82, 2.24) is 15.3 Å². The van der Waals surface area contributed by atoms with Gasteiger partial charge in [-0.05, 0) is 27.0 Å². The number of hydrogen-bond donors (Lipinski definition) is 1. The van der Waals surface area contributed by atoms with Crippen LogP contribution in [0.15, 0.2) is 17.4 Å². The maximum absolute atomic E-state index is 4.30. The number of nitrogens with zero attached hydrogens (tertiary/aromatic N) is 2. The second-order valence-corrected chi connectivity index (χ2v) is 3.97. The van der Waals surface area contributed by atoms with Crippen molar-refractivity contribution in [2.45, 2.75) is 25.0 Å². The fourth-order valence-corrected chi connectivity index (χ4v) is 1.69. The minimum Gasteiger partial charge on any atom is -0.316 e. The molecule has 0 aliphatic heterocycles. The Balaban J connectivity index is 2.45. The van der Waals surface area contributed by atoms with E-state index in [1.807, 2.05) is 20.0 Å². The molecule has 1 aromatic heterocycles. The van der Waals surface area contributed by atoms with Crippen molar-refractivity contribution in [3.8, 4) is 0 Å². The van der Waals surface area contributed by atoms with Gasteiger partial charge in [0.15, 0.2) is 5.16 Å². The number of rotatable bonds is 4. The number of thioether (sulfide) groups is 1. The Kier molecular flexibility index (Phi) is 4.18. The summed E-state index contributed by atoms with van der Waals surface area (Å²) in [6.45, 7) is 4.12. The molecule has 0 aliphatic rings. The number of hydrogen-bond acceptors (Lipinski definition) is 4. The van der Waals surface area contributed by atoms with Gasteiger partial charge in [-0.15, -0.1) is 0 Å². The molecule has 3 nitrogen and oxygen atoms in total. The molecule has 0 fully saturated rings. The van der Waals surface area contributed by atoms with Crippen molar-refractivity contribution in [3.63, 3.8) is 0 Å². The standard InChI is InChI=1S/C9H15N3S/c1-7-4-5-11-9(12-7)13-6-8(2)10-3/h4-5,8,10H,6H2,1-3H3. The Morgan fingerprint density at radius 3 is 3.00 bits per heavy atom. The van der Waals surface area contributed by atoms with E-state index in [1.54, 1.807) is 18.0 Å². The van der Waals surface area contributed by atoms with E-state index in [0.29, 0.717) is 6.04 Å². The van der Waals surface area contributed by atoms with Gasteiger partial charge in [0, 0.05) is 23.7 Å². The van der Waals surface area contributed by atoms with Gasteiger partial charge in [-0.2, -0.15) is 0 Å². The molecule has 0 aliphatic carbocycles. The van der Waals surface area contributed by atoms with Crippen molar-refractivity contribution in [3.05, 3.63) is 18.0 Å². The van der Waals surface area contributed by atoms with Gasteiger partial charge in [0.2, 0.25) is 0 Å². The highest BCUT2D eigenvalue weighted by molar-refractivity contribution is 7.99. The van der Waals surface area contributed by atoms with Crippen LogP contribution in [0.4, 0.5) is 0 Å². The third-order valence-electron chi connectivity index (χ3n) is 1.73. The highest BCUT2D eigenvalue weighted by Crippen LogP contribution is 2.12. The van der Waals surface area contributed by atoms with Gasteiger partial charge in [-0.25, -0.2) is 9.97 Å². The zero-order valence-corrected chi connectivity index (χ0v) is 9.06. The quantitative estimate of drug-likeness (QED) is 0.586. The smallest absolute Gasteiger partial charge is 0.187 e. The first-order valence-corrected chi connectivity index (χ1v) is 5.30. The summed E-state index contributed by atoms with van der Waals surface area (Å²) < 4.78 is 0. The number of aromatic nitrogens is 2. The van der Waals surface area contributed by atoms with Crippen LogP contribution in [-0.2, 0) is 0 Å². The third-order valence-corrected chi connectivity index (χ3v) is 2.85. The maximum atomic E-state index is 4.30. The van der Waals surface area contributed by atoms with E-state index in [-0.39, 0.29) is 0 Å². The summed E-state index contributed by atoms with van der Waals surface area (Å²) in [5.41, 5.74) is 1.02. The molecule has 4 heteroatoms. The van der Waals surface area contributed by atoms with Crippen LogP contribution in [0.25, 0.3) is 0 Å². The van der Waals surface area contributed by atoms with E-state index in [4.69, 9.17) is 0 Å². The molecule has 1 unspecified atom stereocenters. The lowest BCUT2D eigenvalue weighted by atomic mass is 10.4. The van der Waals surface area contributed by atoms with E-state index in [0.717, 1.165) is 16.6 Å². The predicted molar refractivity (Wildman–Crippen MR) is 56.0 cm³/mol. The molecule has 1 heterocycles. The average molecular weight is 197 g/mol. The molecule has 1 atom stereocenters. The molecule has 0 spiro atoms. The predicted octanol–water partition coefficient (Wildman–Crippen LogP) is 1.49. The second kappa shape index (κ2) is 5.19. The van der Waals surface area contributed by atoms with Crippen molar-refractivity contribution in [2.75, 3.05) is 12.8 Å². The van der Waals surface area contributed by atoms with Crippen LogP contribution in [0.1, 0.15) is 12.6 Å². The highest BCUT2D eigenvalue weighted by Gasteiger charge is 2.01. The molecule has 1 rings (SSSR count). The van der Waals surface area contributed by atoms with Gasteiger partial charge in [-0.1, -0.05) is 11.8 Å². The molecule has 72 valence electrons. The van der Waals surface area contributed by atoms with Gasteiger partial charge in [-0.3, -0.25) is 0 Å². The topological polar surface area (TPSA) is 37.8 Å². The SMILES string of the molecule is CNC(C)CSc1nccc(C)n1. The zero-order valence-electron chi connectivity index (χ0n) is 8.24. The summed E-state index contributed by atoms with van der Waals surface area (Å²) in [5.74, 6) is 1.000. The first kappa shape index (κ1) is 10.5. The van der Waals surface area contributed by atoms with Gasteiger partial charge < -0.3 is 5.32 Å². The zero-order chi connectivity index (χ0) is 9.68. The third kappa shape index (κ3) is 3.74. The summed E-state index contributed by atoms with van der Waals surface area (Å²) in [7, 11) is 1.96. The van der Waals surface area contributed by atoms with E-state index in [9.17, 15) is 0 Å². The average Bonchev–Trinajstić information content (AvgIpc) is 2.14. The minimum atomic E-state index is 0.495. The monoisotopic (exact) mass is 197 g/mol. The van der Waals surface area contributed by atoms with Gasteiger partial charge in [0.25, 0.3) is 0 Å². The lowest BCUT2D eigenvalue weighted by Crippen LogP contribution is -2.23. The lowest BCUT2D eigenvalue weighted by Gasteiger charge is -2.07. The van der Waals surface area contributed by atoms with Crippen LogP contribution in [0.5, 0.6) is 0 Å². The van der Waals surface area contributed by atoms with Crippen LogP contribution in [0.2, 0.25) is 0 Å². The molecule has 1 N–H and O–H groups in total. The molecule has 0 aromatic carbocycles. The molecule has 0 bridgehead atoms. The van der Waals surface area contributed by atoms with Crippen LogP contribution >= 0.6 is 11.8 Å². The Labute approximate surface area is 83.4 Å². The molecule has 0 radical (unpaired) electrons. The van der Waals surface area contributed by atoms with Crippen molar-refractivity contribution < 1.29 is 0 Å². The number of aryl methyl sites for hydroxylation is 1. The van der Waals surface area contributed by atoms with E-state index < -0.39 is 0 Å². The Morgan fingerprint density at radius 2 is 2.38 bits per heavy atom. The second-order valence-electron chi connectivity index (χ2n) is 2.98. The lowest BCUT2D eigenvalue weighted by molar-refractivity contribution is 0.676. The first-order valence-electron chi connectivity index (χ1n) is 4.32. The minimum absolute atomic E-state index is 0.495. The van der Waals surface area contributed by atoms with Gasteiger partial charge >= 0.3 is 0 Å². The summed E-state index contributed by atoms with van der Waals surface area (Å²) in [5, 5.41) is 4.04. The molecule has 0 saturated heterocycles. The summed E-state index contributed by atoms with van der Waals surface area (Å²) in [6.07, 6.45) is 1.80. The summed E-state index contributed by atoms with van der Waals surface area (Å²) in [6, 6.07) is 2.40. The molecule has 1 aromatic rings. The van der Waals surface area contributed by atoms with Crippen molar-refractivity contribution in [1.29, 1.82) is 0 Å². The molecular weight excluding hydrogens is 182 g/mol. The van der Waals surface area contributed by atoms with E-state index in [2.05, 4.69) is 22.2 Å². The Morgan fingerprint density at radius 1 is 1.62 bits per heavy atom. The van der Waals surface area contributed by atoms with Crippen LogP contribution in [0, 0.1) is 6.92 Å². The maximum Gasteiger partial charge on any atom is 0.187 e. The summed E-state index contributed by atoms with van der Waals surface area (Å²) in [4.78, 5) is 8.47. The van der Waals surface area contributed by atoms with Crippen molar-refractivity contribution >= 4 is 11.8 Å². The Hall–Kier alpha value is -0.610. The van der Waals surface area contributed by atoms with E-state index >= 15 is 0 Å². The van der Waals surface area contributed by atoms with E-state index in [1.165, 1.54) is 0 Å². The molecule has 0 saturated carbocycles. The Bertz CT molecular complexity index is 265. The van der Waals surface area contributed by atoms with Crippen molar-refractivity contribution in [2.24, 2.45) is 0 Å². The molecule has 13 heavy (non-hydrogen) atoms. The fourth-order valence-electron chi connectivity index (χ4n) is 0.778. The van der Waals surface area contributed by atoms with Gasteiger partial charge in [0.1, 0.15) is 0 Å².